The Hall–Kier alpha value is -3.53. The molecule has 26 heavy (non-hydrogen) atoms. The zero-order chi connectivity index (χ0) is 18.9. The molecule has 2 aromatic carbocycles. The molecule has 2 aromatic rings. The smallest absolute Gasteiger partial charge is 0.344 e. The number of hydrogen-bond acceptors (Lipinski definition) is 6. The summed E-state index contributed by atoms with van der Waals surface area (Å²) in [6.07, 6.45) is 0. The first kappa shape index (κ1) is 18.8. The van der Waals surface area contributed by atoms with Gasteiger partial charge in [0.25, 0.3) is 5.91 Å². The summed E-state index contributed by atoms with van der Waals surface area (Å²) in [6, 6.07) is 13.7. The van der Waals surface area contributed by atoms with Crippen molar-refractivity contribution >= 4 is 17.6 Å². The van der Waals surface area contributed by atoms with Crippen LogP contribution in [-0.2, 0) is 14.3 Å². The van der Waals surface area contributed by atoms with Gasteiger partial charge >= 0.3 is 5.97 Å². The fourth-order valence-electron chi connectivity index (χ4n) is 2.08. The minimum Gasteiger partial charge on any atom is -0.493 e. The molecule has 7 heteroatoms. The number of carbonyl (C=O) groups excluding carboxylic acids is 2. The number of rotatable bonds is 7. The number of nitriles is 1. The summed E-state index contributed by atoms with van der Waals surface area (Å²) in [5, 5.41) is 11.4. The van der Waals surface area contributed by atoms with Crippen LogP contribution in [-0.4, -0.2) is 32.2 Å². The van der Waals surface area contributed by atoms with Gasteiger partial charge in [-0.15, -0.1) is 0 Å². The summed E-state index contributed by atoms with van der Waals surface area (Å²) in [4.78, 5) is 23.5. The zero-order valence-electron chi connectivity index (χ0n) is 14.4. The van der Waals surface area contributed by atoms with Gasteiger partial charge in [0.1, 0.15) is 0 Å². The monoisotopic (exact) mass is 354 g/mol. The van der Waals surface area contributed by atoms with E-state index >= 15 is 0 Å². The Morgan fingerprint density at radius 2 is 1.92 bits per heavy atom. The predicted octanol–water partition coefficient (Wildman–Crippen LogP) is 2.44. The van der Waals surface area contributed by atoms with Crippen molar-refractivity contribution in [3.8, 4) is 17.6 Å². The number of hydrogen-bond donors (Lipinski definition) is 1. The molecule has 0 saturated carbocycles. The molecular weight excluding hydrogens is 336 g/mol. The Kier molecular flexibility index (Phi) is 6.57. The molecule has 0 bridgehead atoms. The predicted molar refractivity (Wildman–Crippen MR) is 94.0 cm³/mol. The average Bonchev–Trinajstić information content (AvgIpc) is 2.65. The van der Waals surface area contributed by atoms with Gasteiger partial charge in [0, 0.05) is 5.69 Å². The molecule has 0 aromatic heterocycles. The van der Waals surface area contributed by atoms with Crippen molar-refractivity contribution in [2.75, 3.05) is 25.6 Å². The number of benzene rings is 2. The van der Waals surface area contributed by atoms with Gasteiger partial charge in [0.15, 0.2) is 24.7 Å². The van der Waals surface area contributed by atoms with E-state index in [2.05, 4.69) is 5.32 Å². The van der Waals surface area contributed by atoms with E-state index in [1.807, 2.05) is 19.1 Å². The van der Waals surface area contributed by atoms with Crippen LogP contribution in [0.5, 0.6) is 11.5 Å². The maximum Gasteiger partial charge on any atom is 0.344 e. The van der Waals surface area contributed by atoms with Gasteiger partial charge in [0.05, 0.1) is 18.7 Å². The second-order valence-electron chi connectivity index (χ2n) is 5.34. The molecule has 134 valence electrons. The van der Waals surface area contributed by atoms with Crippen LogP contribution in [0.1, 0.15) is 11.1 Å². The summed E-state index contributed by atoms with van der Waals surface area (Å²) in [7, 11) is 1.51. The number of esters is 1. The lowest BCUT2D eigenvalue weighted by Gasteiger charge is -2.11. The largest absolute Gasteiger partial charge is 0.493 e. The molecule has 0 heterocycles. The Balaban J connectivity index is 1.79. The molecule has 0 aliphatic carbocycles. The lowest BCUT2D eigenvalue weighted by atomic mass is 10.2. The van der Waals surface area contributed by atoms with Crippen LogP contribution in [0.25, 0.3) is 0 Å². The number of amides is 1. The number of methoxy groups -OCH3 is 1. The quantitative estimate of drug-likeness (QED) is 0.767. The fraction of sp³-hybridized carbons (Fsp3) is 0.211. The Labute approximate surface area is 151 Å². The third-order valence-electron chi connectivity index (χ3n) is 3.30. The number of ether oxygens (including phenoxy) is 3. The van der Waals surface area contributed by atoms with Crippen molar-refractivity contribution in [2.24, 2.45) is 0 Å². The van der Waals surface area contributed by atoms with E-state index in [0.29, 0.717) is 22.7 Å². The van der Waals surface area contributed by atoms with Gasteiger partial charge in [-0.1, -0.05) is 12.1 Å². The Bertz CT molecular complexity index is 842. The highest BCUT2D eigenvalue weighted by Crippen LogP contribution is 2.27. The highest BCUT2D eigenvalue weighted by Gasteiger charge is 2.11. The second-order valence-corrected chi connectivity index (χ2v) is 5.34. The van der Waals surface area contributed by atoms with Crippen molar-refractivity contribution in [2.45, 2.75) is 6.92 Å². The molecule has 0 aliphatic heterocycles. The minimum atomic E-state index is -0.687. The number of nitrogens with zero attached hydrogens (tertiary/aromatic N) is 1. The van der Waals surface area contributed by atoms with Crippen LogP contribution in [0.15, 0.2) is 42.5 Å². The summed E-state index contributed by atoms with van der Waals surface area (Å²) in [5.41, 5.74) is 1.86. The van der Waals surface area contributed by atoms with Gasteiger partial charge in [0.2, 0.25) is 0 Å². The normalized spacial score (nSPS) is 9.73. The average molecular weight is 354 g/mol. The maximum absolute atomic E-state index is 11.8. The standard InChI is InChI=1S/C19H18N2O5/c1-13-6-7-16(17(8-13)24-2)25-12-19(23)26-11-18(22)21-15-5-3-4-14(9-15)10-20/h3-9H,11-12H2,1-2H3,(H,21,22). The summed E-state index contributed by atoms with van der Waals surface area (Å²) >= 11 is 0. The van der Waals surface area contributed by atoms with Gasteiger partial charge in [-0.25, -0.2) is 4.79 Å². The maximum atomic E-state index is 11.8. The van der Waals surface area contributed by atoms with Crippen molar-refractivity contribution in [3.05, 3.63) is 53.6 Å². The van der Waals surface area contributed by atoms with Crippen molar-refractivity contribution < 1.29 is 23.8 Å². The molecule has 0 radical (unpaired) electrons. The van der Waals surface area contributed by atoms with Crippen molar-refractivity contribution in [1.82, 2.24) is 0 Å². The first-order valence-electron chi connectivity index (χ1n) is 7.75. The number of nitrogens with one attached hydrogen (secondary N) is 1. The molecule has 0 aliphatic rings. The van der Waals surface area contributed by atoms with Crippen LogP contribution in [0, 0.1) is 18.3 Å². The molecule has 0 spiro atoms. The van der Waals surface area contributed by atoms with Crippen molar-refractivity contribution in [3.63, 3.8) is 0 Å². The molecule has 0 fully saturated rings. The van der Waals surface area contributed by atoms with Crippen LogP contribution in [0.4, 0.5) is 5.69 Å². The first-order valence-corrected chi connectivity index (χ1v) is 7.75. The van der Waals surface area contributed by atoms with Gasteiger partial charge < -0.3 is 19.5 Å². The lowest BCUT2D eigenvalue weighted by Crippen LogP contribution is -2.23. The summed E-state index contributed by atoms with van der Waals surface area (Å²) < 4.78 is 15.4. The van der Waals surface area contributed by atoms with Crippen LogP contribution in [0.3, 0.4) is 0 Å². The zero-order valence-corrected chi connectivity index (χ0v) is 14.4. The van der Waals surface area contributed by atoms with Gasteiger partial charge in [-0.2, -0.15) is 5.26 Å². The van der Waals surface area contributed by atoms with Gasteiger partial charge in [-0.3, -0.25) is 4.79 Å². The SMILES string of the molecule is COc1cc(C)ccc1OCC(=O)OCC(=O)Nc1cccc(C#N)c1. The molecule has 0 atom stereocenters. The third-order valence-corrected chi connectivity index (χ3v) is 3.30. The molecule has 0 saturated heterocycles. The van der Waals surface area contributed by atoms with E-state index in [4.69, 9.17) is 19.5 Å². The second kappa shape index (κ2) is 9.08. The van der Waals surface area contributed by atoms with Crippen LogP contribution >= 0.6 is 0 Å². The van der Waals surface area contributed by atoms with Crippen LogP contribution < -0.4 is 14.8 Å². The summed E-state index contributed by atoms with van der Waals surface area (Å²) in [5.74, 6) is -0.282. The highest BCUT2D eigenvalue weighted by molar-refractivity contribution is 5.93. The summed E-state index contributed by atoms with van der Waals surface area (Å²) in [6.45, 7) is 1.10. The van der Waals surface area contributed by atoms with E-state index in [0.717, 1.165) is 5.56 Å². The molecular formula is C19H18N2O5. The van der Waals surface area contributed by atoms with E-state index in [1.54, 1.807) is 30.3 Å². The molecule has 0 unspecified atom stereocenters. The topological polar surface area (TPSA) is 97.7 Å². The fourth-order valence-corrected chi connectivity index (χ4v) is 2.08. The Morgan fingerprint density at radius 1 is 1.12 bits per heavy atom. The Morgan fingerprint density at radius 3 is 2.65 bits per heavy atom. The van der Waals surface area contributed by atoms with E-state index < -0.39 is 18.5 Å². The molecule has 1 amide bonds. The molecule has 2 rings (SSSR count). The van der Waals surface area contributed by atoms with E-state index in [1.165, 1.54) is 13.2 Å². The highest BCUT2D eigenvalue weighted by atomic mass is 16.6. The van der Waals surface area contributed by atoms with Crippen LogP contribution in [0.2, 0.25) is 0 Å². The molecule has 1 N–H and O–H groups in total. The minimum absolute atomic E-state index is 0.351. The lowest BCUT2D eigenvalue weighted by molar-refractivity contribution is -0.149. The third kappa shape index (κ3) is 5.53. The van der Waals surface area contributed by atoms with Gasteiger partial charge in [-0.05, 0) is 42.8 Å². The van der Waals surface area contributed by atoms with Crippen molar-refractivity contribution in [1.29, 1.82) is 5.26 Å². The van der Waals surface area contributed by atoms with E-state index in [9.17, 15) is 9.59 Å². The number of carbonyl (C=O) groups is 2. The first-order chi connectivity index (χ1) is 12.5. The number of aryl methyl sites for hydroxylation is 1. The number of anilines is 1. The van der Waals surface area contributed by atoms with E-state index in [-0.39, 0.29) is 6.61 Å². The molecule has 7 nitrogen and oxygen atoms in total.